The monoisotopic (exact) mass is 513 g/mol. The second kappa shape index (κ2) is 12.0. The summed E-state index contributed by atoms with van der Waals surface area (Å²) in [5.41, 5.74) is 0.999. The Morgan fingerprint density at radius 3 is 2.59 bits per heavy atom. The highest BCUT2D eigenvalue weighted by Crippen LogP contribution is 2.12. The molecular formula is C21H32IN5O2. The summed E-state index contributed by atoms with van der Waals surface area (Å²) in [5.74, 6) is 2.71. The molecule has 1 fully saturated rings. The van der Waals surface area contributed by atoms with Crippen LogP contribution in [-0.2, 0) is 6.54 Å². The number of aromatic nitrogens is 1. The number of hydrogen-bond acceptors (Lipinski definition) is 5. The summed E-state index contributed by atoms with van der Waals surface area (Å²) >= 11 is 0. The van der Waals surface area contributed by atoms with E-state index in [2.05, 4.69) is 34.1 Å². The van der Waals surface area contributed by atoms with Gasteiger partial charge in [0.15, 0.2) is 5.96 Å². The molecule has 7 nitrogen and oxygen atoms in total. The second-order valence-electron chi connectivity index (χ2n) is 7.13. The van der Waals surface area contributed by atoms with E-state index in [4.69, 9.17) is 14.3 Å². The summed E-state index contributed by atoms with van der Waals surface area (Å²) < 4.78 is 11.1. The van der Waals surface area contributed by atoms with Gasteiger partial charge in [0, 0.05) is 45.3 Å². The van der Waals surface area contributed by atoms with E-state index in [1.54, 1.807) is 0 Å². The van der Waals surface area contributed by atoms with E-state index in [1.165, 1.54) is 0 Å². The predicted molar refractivity (Wildman–Crippen MR) is 126 cm³/mol. The molecule has 1 aliphatic rings. The van der Waals surface area contributed by atoms with Crippen molar-refractivity contribution in [2.75, 3.05) is 39.3 Å². The van der Waals surface area contributed by atoms with E-state index in [1.807, 2.05) is 43.3 Å². The second-order valence-corrected chi connectivity index (χ2v) is 7.13. The molecule has 2 heterocycles. The van der Waals surface area contributed by atoms with Gasteiger partial charge in [-0.1, -0.05) is 23.4 Å². The molecule has 1 aromatic heterocycles. The fraction of sp³-hybridized carbons (Fsp3) is 0.524. The maximum Gasteiger partial charge on any atom is 0.194 e. The van der Waals surface area contributed by atoms with Crippen LogP contribution in [0.3, 0.4) is 0 Å². The normalized spacial score (nSPS) is 16.2. The highest BCUT2D eigenvalue weighted by atomic mass is 127. The molecule has 8 heteroatoms. The number of benzene rings is 1. The van der Waals surface area contributed by atoms with Gasteiger partial charge in [0.05, 0.1) is 12.2 Å². The molecule has 0 radical (unpaired) electrons. The maximum absolute atomic E-state index is 5.94. The average Bonchev–Trinajstić information content (AvgIpc) is 3.11. The number of halogens is 1. The number of nitrogens with one attached hydrogen (secondary N) is 1. The van der Waals surface area contributed by atoms with E-state index in [0.717, 1.165) is 62.4 Å². The van der Waals surface area contributed by atoms with E-state index < -0.39 is 0 Å². The lowest BCUT2D eigenvalue weighted by Gasteiger charge is -2.36. The summed E-state index contributed by atoms with van der Waals surface area (Å²) in [5, 5.41) is 7.51. The highest BCUT2D eigenvalue weighted by Gasteiger charge is 2.20. The van der Waals surface area contributed by atoms with Gasteiger partial charge in [-0.3, -0.25) is 4.90 Å². The third-order valence-electron chi connectivity index (χ3n) is 4.65. The molecule has 0 bridgehead atoms. The number of piperazine rings is 1. The van der Waals surface area contributed by atoms with Crippen molar-refractivity contribution in [3.8, 4) is 5.75 Å². The van der Waals surface area contributed by atoms with Crippen LogP contribution in [0.25, 0.3) is 0 Å². The number of nitrogens with zero attached hydrogens (tertiary/aromatic N) is 4. The molecule has 0 spiro atoms. The molecule has 0 saturated carbocycles. The first kappa shape index (κ1) is 23.5. The Morgan fingerprint density at radius 2 is 1.97 bits per heavy atom. The number of hydrogen-bond donors (Lipinski definition) is 1. The lowest BCUT2D eigenvalue weighted by molar-refractivity contribution is 0.168. The third-order valence-corrected chi connectivity index (χ3v) is 4.65. The molecule has 1 saturated heterocycles. The minimum Gasteiger partial charge on any atom is -0.489 e. The quantitative estimate of drug-likeness (QED) is 0.349. The standard InChI is InChI=1S/C21H31N5O2.HI/c1-4-22-21(23-15-18(3)27-20-8-6-5-7-9-20)26-12-10-25(11-13-26)16-19-14-17(2)28-24-19;/h5-9,14,18H,4,10-13,15-16H2,1-3H3,(H,22,23);1H. The van der Waals surface area contributed by atoms with Crippen LogP contribution in [-0.4, -0.2) is 66.3 Å². The van der Waals surface area contributed by atoms with Crippen molar-refractivity contribution in [1.29, 1.82) is 0 Å². The molecular weight excluding hydrogens is 481 g/mol. The van der Waals surface area contributed by atoms with Crippen LogP contribution in [0.15, 0.2) is 45.9 Å². The molecule has 0 amide bonds. The van der Waals surface area contributed by atoms with Crippen LogP contribution in [0.2, 0.25) is 0 Å². The van der Waals surface area contributed by atoms with Crippen molar-refractivity contribution in [3.05, 3.63) is 47.9 Å². The van der Waals surface area contributed by atoms with Crippen LogP contribution in [0.1, 0.15) is 25.3 Å². The van der Waals surface area contributed by atoms with Crippen molar-refractivity contribution < 1.29 is 9.26 Å². The lowest BCUT2D eigenvalue weighted by Crippen LogP contribution is -2.52. The van der Waals surface area contributed by atoms with Gasteiger partial charge in [-0.05, 0) is 32.9 Å². The Balaban J connectivity index is 0.00000300. The van der Waals surface area contributed by atoms with Gasteiger partial charge in [0.25, 0.3) is 0 Å². The van der Waals surface area contributed by atoms with Crippen LogP contribution >= 0.6 is 24.0 Å². The van der Waals surface area contributed by atoms with Gasteiger partial charge in [-0.25, -0.2) is 4.99 Å². The molecule has 29 heavy (non-hydrogen) atoms. The van der Waals surface area contributed by atoms with Gasteiger partial charge in [0.1, 0.15) is 17.6 Å². The first-order valence-electron chi connectivity index (χ1n) is 10.0. The number of ether oxygens (including phenoxy) is 1. The van der Waals surface area contributed by atoms with Gasteiger partial charge >= 0.3 is 0 Å². The molecule has 1 atom stereocenters. The summed E-state index contributed by atoms with van der Waals surface area (Å²) in [6.07, 6.45) is 0.0211. The van der Waals surface area contributed by atoms with Crippen molar-refractivity contribution in [2.45, 2.75) is 33.4 Å². The Hall–Kier alpha value is -1.81. The predicted octanol–water partition coefficient (Wildman–Crippen LogP) is 3.15. The van der Waals surface area contributed by atoms with Gasteiger partial charge < -0.3 is 19.5 Å². The van der Waals surface area contributed by atoms with Crippen LogP contribution in [0.5, 0.6) is 5.75 Å². The maximum atomic E-state index is 5.94. The first-order chi connectivity index (χ1) is 13.6. The fourth-order valence-electron chi connectivity index (χ4n) is 3.25. The molecule has 160 valence electrons. The Labute approximate surface area is 190 Å². The molecule has 1 unspecified atom stereocenters. The van der Waals surface area contributed by atoms with Gasteiger partial charge in [0.2, 0.25) is 0 Å². The lowest BCUT2D eigenvalue weighted by atomic mass is 10.3. The topological polar surface area (TPSA) is 66.1 Å². The first-order valence-corrected chi connectivity index (χ1v) is 10.0. The zero-order valence-electron chi connectivity index (χ0n) is 17.5. The fourth-order valence-corrected chi connectivity index (χ4v) is 3.25. The number of aliphatic imine (C=N–C) groups is 1. The summed E-state index contributed by atoms with van der Waals surface area (Å²) in [4.78, 5) is 9.53. The Kier molecular flexibility index (Phi) is 9.72. The van der Waals surface area contributed by atoms with Crippen molar-refractivity contribution in [2.24, 2.45) is 4.99 Å². The number of guanidine groups is 1. The zero-order valence-corrected chi connectivity index (χ0v) is 19.8. The van der Waals surface area contributed by atoms with Crippen LogP contribution < -0.4 is 10.1 Å². The molecule has 1 aromatic carbocycles. The largest absolute Gasteiger partial charge is 0.489 e. The SMILES string of the molecule is CCNC(=NCC(C)Oc1ccccc1)N1CCN(Cc2cc(C)on2)CC1.I. The summed E-state index contributed by atoms with van der Waals surface area (Å²) in [6.45, 7) is 12.2. The number of para-hydroxylation sites is 1. The van der Waals surface area contributed by atoms with Gasteiger partial charge in [-0.2, -0.15) is 0 Å². The Bertz CT molecular complexity index is 745. The summed E-state index contributed by atoms with van der Waals surface area (Å²) in [6, 6.07) is 11.9. The van der Waals surface area contributed by atoms with Crippen molar-refractivity contribution >= 4 is 29.9 Å². The van der Waals surface area contributed by atoms with Crippen molar-refractivity contribution in [1.82, 2.24) is 20.3 Å². The van der Waals surface area contributed by atoms with Crippen LogP contribution in [0, 0.1) is 6.92 Å². The number of aryl methyl sites for hydroxylation is 1. The summed E-state index contributed by atoms with van der Waals surface area (Å²) in [7, 11) is 0. The highest BCUT2D eigenvalue weighted by molar-refractivity contribution is 14.0. The minimum absolute atomic E-state index is 0. The molecule has 1 N–H and O–H groups in total. The molecule has 3 rings (SSSR count). The zero-order chi connectivity index (χ0) is 19.8. The molecule has 0 aliphatic carbocycles. The van der Waals surface area contributed by atoms with E-state index >= 15 is 0 Å². The van der Waals surface area contributed by atoms with E-state index in [-0.39, 0.29) is 30.1 Å². The average molecular weight is 513 g/mol. The molecule has 2 aromatic rings. The van der Waals surface area contributed by atoms with E-state index in [9.17, 15) is 0 Å². The van der Waals surface area contributed by atoms with Gasteiger partial charge in [-0.15, -0.1) is 24.0 Å². The van der Waals surface area contributed by atoms with Crippen LogP contribution in [0.4, 0.5) is 0 Å². The van der Waals surface area contributed by atoms with E-state index in [0.29, 0.717) is 6.54 Å². The molecule has 1 aliphatic heterocycles. The Morgan fingerprint density at radius 1 is 1.24 bits per heavy atom. The number of rotatable bonds is 7. The smallest absolute Gasteiger partial charge is 0.194 e. The minimum atomic E-state index is 0. The third kappa shape index (κ3) is 7.50. The van der Waals surface area contributed by atoms with Crippen molar-refractivity contribution in [3.63, 3.8) is 0 Å².